The minimum atomic E-state index is -0.102. The normalized spacial score (nSPS) is 14.2. The molecule has 1 aliphatic heterocycles. The monoisotopic (exact) mass is 353 g/mol. The van der Waals surface area contributed by atoms with Crippen LogP contribution in [0.1, 0.15) is 23.2 Å². The van der Waals surface area contributed by atoms with Gasteiger partial charge in [0.2, 0.25) is 11.7 Å². The molecule has 0 saturated carbocycles. The quantitative estimate of drug-likeness (QED) is 0.658. The van der Waals surface area contributed by atoms with E-state index in [1.54, 1.807) is 17.0 Å². The largest absolute Gasteiger partial charge is 0.312 e. The third-order valence-electron chi connectivity index (χ3n) is 4.05. The van der Waals surface area contributed by atoms with Crippen LogP contribution in [0.5, 0.6) is 0 Å². The van der Waals surface area contributed by atoms with E-state index in [1.807, 2.05) is 29.6 Å². The molecule has 0 aliphatic carbocycles. The number of nitrogens with zero attached hydrogens (tertiary/aromatic N) is 5. The standard InChI is InChI=1S/C17H15N5O2S/c23-14(11-22-19-17(18-20-22)15-3-2-10-25-15)12-5-7-13(8-6-12)21-9-1-4-16(21)24/h2-3,5-8,10H,1,4,9,11H2. The second-order valence-electron chi connectivity index (χ2n) is 5.74. The number of carbonyl (C=O) groups is 2. The van der Waals surface area contributed by atoms with Gasteiger partial charge in [-0.15, -0.1) is 21.5 Å². The molecule has 1 saturated heterocycles. The lowest BCUT2D eigenvalue weighted by atomic mass is 10.1. The molecule has 0 unspecified atom stereocenters. The number of carbonyl (C=O) groups excluding carboxylic acids is 2. The first-order valence-electron chi connectivity index (χ1n) is 7.96. The van der Waals surface area contributed by atoms with Gasteiger partial charge < -0.3 is 4.90 Å². The molecule has 0 radical (unpaired) electrons. The van der Waals surface area contributed by atoms with Crippen LogP contribution < -0.4 is 4.90 Å². The molecule has 0 bridgehead atoms. The van der Waals surface area contributed by atoms with Crippen molar-refractivity contribution in [2.75, 3.05) is 11.4 Å². The Balaban J connectivity index is 1.45. The summed E-state index contributed by atoms with van der Waals surface area (Å²) in [5.74, 6) is 0.548. The summed E-state index contributed by atoms with van der Waals surface area (Å²) >= 11 is 1.52. The molecule has 0 atom stereocenters. The lowest BCUT2D eigenvalue weighted by Crippen LogP contribution is -2.23. The number of Topliss-reactive ketones (excluding diaryl/α,β-unsaturated/α-hetero) is 1. The number of amides is 1. The zero-order chi connectivity index (χ0) is 17.2. The molecular formula is C17H15N5O2S. The highest BCUT2D eigenvalue weighted by Crippen LogP contribution is 2.22. The van der Waals surface area contributed by atoms with Crippen LogP contribution in [-0.4, -0.2) is 38.4 Å². The smallest absolute Gasteiger partial charge is 0.227 e. The molecule has 1 aromatic carbocycles. The molecule has 1 aliphatic rings. The molecule has 1 fully saturated rings. The zero-order valence-corrected chi connectivity index (χ0v) is 14.1. The summed E-state index contributed by atoms with van der Waals surface area (Å²) in [6.07, 6.45) is 1.47. The van der Waals surface area contributed by atoms with E-state index in [4.69, 9.17) is 0 Å². The molecule has 1 amide bonds. The van der Waals surface area contributed by atoms with Gasteiger partial charge in [-0.1, -0.05) is 6.07 Å². The van der Waals surface area contributed by atoms with Gasteiger partial charge in [0.15, 0.2) is 5.78 Å². The molecule has 3 aromatic rings. The summed E-state index contributed by atoms with van der Waals surface area (Å²) in [7, 11) is 0. The van der Waals surface area contributed by atoms with Crippen molar-refractivity contribution in [3.63, 3.8) is 0 Å². The molecule has 8 heteroatoms. The van der Waals surface area contributed by atoms with E-state index in [-0.39, 0.29) is 18.2 Å². The molecule has 2 aromatic heterocycles. The van der Waals surface area contributed by atoms with E-state index < -0.39 is 0 Å². The van der Waals surface area contributed by atoms with Gasteiger partial charge in [0.05, 0.1) is 4.88 Å². The van der Waals surface area contributed by atoms with Crippen LogP contribution in [0.4, 0.5) is 5.69 Å². The Bertz CT molecular complexity index is 902. The number of hydrogen-bond donors (Lipinski definition) is 0. The van der Waals surface area contributed by atoms with Gasteiger partial charge in [-0.25, -0.2) is 0 Å². The van der Waals surface area contributed by atoms with Crippen molar-refractivity contribution in [2.45, 2.75) is 19.4 Å². The van der Waals surface area contributed by atoms with E-state index in [0.29, 0.717) is 17.8 Å². The topological polar surface area (TPSA) is 81.0 Å². The van der Waals surface area contributed by atoms with E-state index in [9.17, 15) is 9.59 Å². The second kappa shape index (κ2) is 6.56. The average Bonchev–Trinajstić information content (AvgIpc) is 3.36. The highest BCUT2D eigenvalue weighted by molar-refractivity contribution is 7.13. The lowest BCUT2D eigenvalue weighted by molar-refractivity contribution is -0.117. The van der Waals surface area contributed by atoms with Crippen LogP contribution in [0, 0.1) is 0 Å². The molecule has 25 heavy (non-hydrogen) atoms. The number of anilines is 1. The summed E-state index contributed by atoms with van der Waals surface area (Å²) in [6.45, 7) is 0.765. The van der Waals surface area contributed by atoms with E-state index in [2.05, 4.69) is 15.4 Å². The summed E-state index contributed by atoms with van der Waals surface area (Å²) < 4.78 is 0. The molecular weight excluding hydrogens is 338 g/mol. The zero-order valence-electron chi connectivity index (χ0n) is 13.3. The highest BCUT2D eigenvalue weighted by atomic mass is 32.1. The van der Waals surface area contributed by atoms with Crippen molar-refractivity contribution in [1.82, 2.24) is 20.2 Å². The number of tetrazole rings is 1. The SMILES string of the molecule is O=C(Cn1nnc(-c2cccs2)n1)c1ccc(N2CCCC2=O)cc1. The van der Waals surface area contributed by atoms with Crippen molar-refractivity contribution in [3.05, 3.63) is 47.3 Å². The van der Waals surface area contributed by atoms with Crippen LogP contribution in [0.2, 0.25) is 0 Å². The fraction of sp³-hybridized carbons (Fsp3) is 0.235. The molecule has 7 nitrogen and oxygen atoms in total. The first-order valence-corrected chi connectivity index (χ1v) is 8.84. The molecule has 3 heterocycles. The number of aromatic nitrogens is 4. The second-order valence-corrected chi connectivity index (χ2v) is 6.69. The predicted molar refractivity (Wildman–Crippen MR) is 93.5 cm³/mol. The summed E-state index contributed by atoms with van der Waals surface area (Å²) in [4.78, 5) is 28.1. The Labute approximate surface area is 147 Å². The van der Waals surface area contributed by atoms with E-state index >= 15 is 0 Å². The number of thiophene rings is 1. The van der Waals surface area contributed by atoms with Gasteiger partial charge in [0, 0.05) is 24.2 Å². The van der Waals surface area contributed by atoms with Crippen molar-refractivity contribution in [3.8, 4) is 10.7 Å². The summed E-state index contributed by atoms with van der Waals surface area (Å²) in [5, 5.41) is 14.1. The Morgan fingerprint density at radius 3 is 2.72 bits per heavy atom. The predicted octanol–water partition coefficient (Wildman–Crippen LogP) is 2.41. The first-order chi connectivity index (χ1) is 12.2. The van der Waals surface area contributed by atoms with Gasteiger partial charge in [0.25, 0.3) is 0 Å². The maximum absolute atomic E-state index is 12.4. The van der Waals surface area contributed by atoms with Crippen molar-refractivity contribution >= 4 is 28.7 Å². The Morgan fingerprint density at radius 1 is 1.20 bits per heavy atom. The van der Waals surface area contributed by atoms with Crippen LogP contribution in [0.25, 0.3) is 10.7 Å². The molecule has 4 rings (SSSR count). The van der Waals surface area contributed by atoms with Crippen molar-refractivity contribution in [2.24, 2.45) is 0 Å². The third-order valence-corrected chi connectivity index (χ3v) is 4.92. The average molecular weight is 353 g/mol. The van der Waals surface area contributed by atoms with E-state index in [1.165, 1.54) is 16.1 Å². The number of benzene rings is 1. The van der Waals surface area contributed by atoms with Gasteiger partial charge >= 0.3 is 0 Å². The Hall–Kier alpha value is -2.87. The minimum Gasteiger partial charge on any atom is -0.312 e. The fourth-order valence-corrected chi connectivity index (χ4v) is 3.43. The van der Waals surface area contributed by atoms with Crippen molar-refractivity contribution in [1.29, 1.82) is 0 Å². The number of rotatable bonds is 5. The van der Waals surface area contributed by atoms with Crippen LogP contribution >= 0.6 is 11.3 Å². The third kappa shape index (κ3) is 3.20. The Kier molecular flexibility index (Phi) is 4.10. The minimum absolute atomic E-state index is 0.0281. The van der Waals surface area contributed by atoms with Crippen LogP contribution in [-0.2, 0) is 11.3 Å². The first kappa shape index (κ1) is 15.6. The van der Waals surface area contributed by atoms with Crippen LogP contribution in [0.3, 0.4) is 0 Å². The van der Waals surface area contributed by atoms with Crippen LogP contribution in [0.15, 0.2) is 41.8 Å². The van der Waals surface area contributed by atoms with Gasteiger partial charge in [-0.05, 0) is 47.3 Å². The van der Waals surface area contributed by atoms with Crippen molar-refractivity contribution < 1.29 is 9.59 Å². The maximum Gasteiger partial charge on any atom is 0.227 e. The summed E-state index contributed by atoms with van der Waals surface area (Å²) in [6, 6.07) is 10.9. The number of hydrogen-bond acceptors (Lipinski definition) is 6. The van der Waals surface area contributed by atoms with Gasteiger partial charge in [0.1, 0.15) is 6.54 Å². The maximum atomic E-state index is 12.4. The highest BCUT2D eigenvalue weighted by Gasteiger charge is 2.21. The van der Waals surface area contributed by atoms with E-state index in [0.717, 1.165) is 23.5 Å². The number of ketones is 1. The summed E-state index contributed by atoms with van der Waals surface area (Å²) in [5.41, 5.74) is 1.39. The lowest BCUT2D eigenvalue weighted by Gasteiger charge is -2.15. The molecule has 0 spiro atoms. The molecule has 0 N–H and O–H groups in total. The molecule has 126 valence electrons. The fourth-order valence-electron chi connectivity index (χ4n) is 2.78. The Morgan fingerprint density at radius 2 is 2.04 bits per heavy atom. The van der Waals surface area contributed by atoms with Gasteiger partial charge in [-0.3, -0.25) is 9.59 Å². The van der Waals surface area contributed by atoms with Gasteiger partial charge in [-0.2, -0.15) is 4.80 Å².